The summed E-state index contributed by atoms with van der Waals surface area (Å²) in [4.78, 5) is 14.6. The first-order valence-corrected chi connectivity index (χ1v) is 9.80. The number of H-pyrrole nitrogens is 1. The van der Waals surface area contributed by atoms with Crippen LogP contribution < -0.4 is 5.69 Å². The van der Waals surface area contributed by atoms with Gasteiger partial charge >= 0.3 is 72.2 Å². The highest BCUT2D eigenvalue weighted by Crippen LogP contribution is 2.60. The maximum atomic E-state index is 14.7. The lowest BCUT2D eigenvalue weighted by molar-refractivity contribution is -0.580. The summed E-state index contributed by atoms with van der Waals surface area (Å²) in [6.45, 7) is 0.469. The smallest absolute Gasteiger partial charge is 0.310 e. The second-order valence-electron chi connectivity index (χ2n) is 7.96. The molecule has 0 saturated carbocycles. The molecule has 0 saturated heterocycles. The molecule has 3 unspecified atom stereocenters. The van der Waals surface area contributed by atoms with Gasteiger partial charge in [-0.3, -0.25) is 14.2 Å². The number of aromatic amines is 1. The number of aryl methyl sites for hydroxylation is 1. The minimum atomic E-state index is -8.73. The summed E-state index contributed by atoms with van der Waals surface area (Å²) in [6, 6.07) is -0.513. The predicted molar refractivity (Wildman–Crippen MR) is 87.3 cm³/mol. The van der Waals surface area contributed by atoms with Crippen LogP contribution in [0.5, 0.6) is 0 Å². The molecule has 1 aromatic heterocycles. The molecule has 0 spiro atoms. The molecule has 1 aromatic rings. The van der Waals surface area contributed by atoms with Gasteiger partial charge in [0.15, 0.2) is 0 Å². The van der Waals surface area contributed by atoms with Gasteiger partial charge in [-0.15, -0.1) is 0 Å². The highest BCUT2D eigenvalue weighted by Gasteiger charge is 2.88. The van der Waals surface area contributed by atoms with E-state index >= 15 is 0 Å². The number of aromatic nitrogens is 2. The molecule has 0 amide bonds. The van der Waals surface area contributed by atoms with Crippen molar-refractivity contribution in [3.8, 4) is 0 Å². The molecule has 1 heterocycles. The molecule has 0 bridgehead atoms. The highest BCUT2D eigenvalue weighted by molar-refractivity contribution is 5.15. The predicted octanol–water partition coefficient (Wildman–Crippen LogP) is 7.24. The third-order valence-corrected chi connectivity index (χ3v) is 4.58. The lowest BCUT2D eigenvalue weighted by Crippen LogP contribution is -2.70. The molecule has 45 heavy (non-hydrogen) atoms. The number of nitrogens with one attached hydrogen (secondary N) is 1. The van der Waals surface area contributed by atoms with Gasteiger partial charge in [0.1, 0.15) is 5.69 Å². The van der Waals surface area contributed by atoms with Crippen molar-refractivity contribution in [1.82, 2.24) is 9.97 Å². The molecule has 264 valence electrons. The quantitative estimate of drug-likeness (QED) is 0.258. The maximum Gasteiger partial charge on any atom is 0.462 e. The van der Waals surface area contributed by atoms with Crippen LogP contribution in [0.15, 0.2) is 10.9 Å². The van der Waals surface area contributed by atoms with Gasteiger partial charge in [0.25, 0.3) is 0 Å². The monoisotopic (exact) mass is 726 g/mol. The highest BCUT2D eigenvalue weighted by atomic mass is 19.4. The minimum Gasteiger partial charge on any atom is -0.310 e. The van der Waals surface area contributed by atoms with Crippen molar-refractivity contribution in [2.75, 3.05) is 0 Å². The van der Waals surface area contributed by atoms with Gasteiger partial charge in [0.05, 0.1) is 0 Å². The molecule has 0 aliphatic rings. The fourth-order valence-electron chi connectivity index (χ4n) is 2.45. The SMILES string of the molecule is Cc1cc(C(F)(OC(F)(F)C(F)(OC(F)(F)C(F)(OC(F)(F)C(F)(F)C(F)(F)F)C(F)(F)F)C(F)(F)F)C(F)(F)F)nc(=O)[nH]1. The van der Waals surface area contributed by atoms with Crippen LogP contribution in [0.1, 0.15) is 11.4 Å². The van der Waals surface area contributed by atoms with Crippen LogP contribution in [0.3, 0.4) is 0 Å². The number of hydrogen-bond donors (Lipinski definition) is 1. The Hall–Kier alpha value is -2.85. The molecule has 0 fully saturated rings. The number of ether oxygens (including phenoxy) is 3. The van der Waals surface area contributed by atoms with E-state index in [1.807, 2.05) is 9.72 Å². The molecular formula is C16H5F23N2O4. The fraction of sp³-hybridized carbons (Fsp3) is 0.750. The lowest BCUT2D eigenvalue weighted by atomic mass is 10.1. The van der Waals surface area contributed by atoms with E-state index in [1.54, 1.807) is 0 Å². The molecule has 0 aliphatic carbocycles. The Morgan fingerprint density at radius 1 is 0.533 bits per heavy atom. The van der Waals surface area contributed by atoms with E-state index in [0.29, 0.717) is 6.92 Å². The van der Waals surface area contributed by atoms with Gasteiger partial charge in [-0.05, 0) is 13.0 Å². The van der Waals surface area contributed by atoms with Crippen molar-refractivity contribution in [1.29, 1.82) is 0 Å². The van der Waals surface area contributed by atoms with Crippen LogP contribution in [-0.4, -0.2) is 70.6 Å². The van der Waals surface area contributed by atoms with Crippen LogP contribution in [-0.2, 0) is 20.1 Å². The van der Waals surface area contributed by atoms with E-state index in [2.05, 4.69) is 0 Å². The Bertz CT molecular complexity index is 1280. The first-order chi connectivity index (χ1) is 19.3. The van der Waals surface area contributed by atoms with Crippen molar-refractivity contribution in [3.63, 3.8) is 0 Å². The molecule has 0 radical (unpaired) electrons. The second kappa shape index (κ2) is 10.9. The molecule has 3 atom stereocenters. The van der Waals surface area contributed by atoms with Gasteiger partial charge < -0.3 is 4.98 Å². The maximum absolute atomic E-state index is 14.7. The van der Waals surface area contributed by atoms with Crippen LogP contribution in [0, 0.1) is 6.92 Å². The van der Waals surface area contributed by atoms with Crippen molar-refractivity contribution >= 4 is 0 Å². The summed E-state index contributed by atoms with van der Waals surface area (Å²) in [5.74, 6) is -32.3. The normalized spacial score (nSPS) is 19.1. The van der Waals surface area contributed by atoms with Crippen molar-refractivity contribution in [2.24, 2.45) is 0 Å². The summed E-state index contributed by atoms with van der Waals surface area (Å²) in [5, 5.41) is 0. The Labute approximate surface area is 228 Å². The molecule has 1 N–H and O–H groups in total. The number of halogens is 23. The first-order valence-electron chi connectivity index (χ1n) is 9.80. The van der Waals surface area contributed by atoms with Crippen LogP contribution in [0.4, 0.5) is 101 Å². The third kappa shape index (κ3) is 6.82. The lowest BCUT2D eigenvalue weighted by Gasteiger charge is -2.42. The summed E-state index contributed by atoms with van der Waals surface area (Å²) in [6.07, 6.45) is -57.3. The Morgan fingerprint density at radius 2 is 0.889 bits per heavy atom. The van der Waals surface area contributed by atoms with Crippen LogP contribution in [0.2, 0.25) is 0 Å². The van der Waals surface area contributed by atoms with Crippen molar-refractivity contribution in [3.05, 3.63) is 27.9 Å². The van der Waals surface area contributed by atoms with Crippen molar-refractivity contribution < 1.29 is 115 Å². The molecular weight excluding hydrogens is 721 g/mol. The van der Waals surface area contributed by atoms with Gasteiger partial charge in [0, 0.05) is 5.69 Å². The Kier molecular flexibility index (Phi) is 9.70. The van der Waals surface area contributed by atoms with Gasteiger partial charge in [-0.25, -0.2) is 4.79 Å². The zero-order valence-corrected chi connectivity index (χ0v) is 19.9. The summed E-state index contributed by atoms with van der Waals surface area (Å²) in [7, 11) is 0. The van der Waals surface area contributed by atoms with Gasteiger partial charge in [-0.2, -0.15) is 106 Å². The van der Waals surface area contributed by atoms with E-state index in [-0.39, 0.29) is 0 Å². The number of nitrogens with zero attached hydrogens (tertiary/aromatic N) is 1. The summed E-state index contributed by atoms with van der Waals surface area (Å²) < 4.78 is 311. The van der Waals surface area contributed by atoms with Crippen molar-refractivity contribution in [2.45, 2.75) is 73.4 Å². The molecule has 29 heteroatoms. The van der Waals surface area contributed by atoms with E-state index in [4.69, 9.17) is 0 Å². The van der Waals surface area contributed by atoms with E-state index in [1.165, 1.54) is 9.72 Å². The molecule has 0 aliphatic heterocycles. The number of alkyl halides is 23. The largest absolute Gasteiger partial charge is 0.462 e. The molecule has 0 aromatic carbocycles. The molecule has 1 rings (SSSR count). The summed E-state index contributed by atoms with van der Waals surface area (Å²) >= 11 is 0. The minimum absolute atomic E-state index is 0.469. The van der Waals surface area contributed by atoms with Gasteiger partial charge in [0.2, 0.25) is 0 Å². The zero-order chi connectivity index (χ0) is 36.5. The standard InChI is InChI=1S/C16H5F23N2O4/c1-3-2-4(41-5(42)40-3)6(17,10(22,23)24)43-15(36,37)8(20,12(28,29)30)45-16(38,39)9(21,13(31,32)33)44-14(34,35)7(18,19)11(25,26)27/h2H,1H3,(H,40,41,42). The second-order valence-corrected chi connectivity index (χ2v) is 7.96. The Balaban J connectivity index is 3.97. The fourth-order valence-corrected chi connectivity index (χ4v) is 2.45. The third-order valence-electron chi connectivity index (χ3n) is 4.58. The van der Waals surface area contributed by atoms with Crippen LogP contribution in [0.25, 0.3) is 0 Å². The molecule has 6 nitrogen and oxygen atoms in total. The zero-order valence-electron chi connectivity index (χ0n) is 19.9. The Morgan fingerprint density at radius 3 is 1.20 bits per heavy atom. The van der Waals surface area contributed by atoms with E-state index < -0.39 is 89.7 Å². The first kappa shape index (κ1) is 40.2. The topological polar surface area (TPSA) is 73.4 Å². The van der Waals surface area contributed by atoms with Crippen LogP contribution >= 0.6 is 0 Å². The number of rotatable bonds is 10. The number of hydrogen-bond acceptors (Lipinski definition) is 5. The van der Waals surface area contributed by atoms with E-state index in [0.717, 1.165) is 4.74 Å². The van der Waals surface area contributed by atoms with E-state index in [9.17, 15) is 106 Å². The average molecular weight is 726 g/mol. The van der Waals surface area contributed by atoms with Gasteiger partial charge in [-0.1, -0.05) is 0 Å². The average Bonchev–Trinajstić information content (AvgIpc) is 2.74. The summed E-state index contributed by atoms with van der Waals surface area (Å²) in [5.41, 5.74) is -6.18.